The van der Waals surface area contributed by atoms with Crippen molar-refractivity contribution in [2.24, 2.45) is 5.92 Å². The third-order valence-corrected chi connectivity index (χ3v) is 6.15. The molecule has 0 atom stereocenters. The average molecular weight is 442 g/mol. The van der Waals surface area contributed by atoms with E-state index >= 15 is 0 Å². The van der Waals surface area contributed by atoms with Gasteiger partial charge >= 0.3 is 5.97 Å². The number of aromatic nitrogens is 6. The topological polar surface area (TPSA) is 159 Å². The maximum Gasteiger partial charge on any atom is 0.358 e. The number of hydrogen-bond acceptors (Lipinski definition) is 8. The Morgan fingerprint density at radius 2 is 2.15 bits per heavy atom. The third-order valence-electron chi connectivity index (χ3n) is 6.15. The molecule has 1 saturated carbocycles. The van der Waals surface area contributed by atoms with E-state index in [0.717, 1.165) is 5.52 Å². The predicted octanol–water partition coefficient (Wildman–Crippen LogP) is 3.05. The van der Waals surface area contributed by atoms with Gasteiger partial charge in [-0.05, 0) is 25.3 Å². The highest BCUT2D eigenvalue weighted by molar-refractivity contribution is 5.89. The van der Waals surface area contributed by atoms with E-state index in [0.29, 0.717) is 41.8 Å². The van der Waals surface area contributed by atoms with Crippen molar-refractivity contribution in [2.45, 2.75) is 38.1 Å². The smallest absolute Gasteiger partial charge is 0.358 e. The van der Waals surface area contributed by atoms with Gasteiger partial charge < -0.3 is 9.63 Å². The Kier molecular flexibility index (Phi) is 4.68. The number of aromatic carboxylic acids is 1. The van der Waals surface area contributed by atoms with Crippen molar-refractivity contribution in [3.05, 3.63) is 42.1 Å². The molecule has 164 valence electrons. The van der Waals surface area contributed by atoms with Crippen molar-refractivity contribution in [2.75, 3.05) is 0 Å². The molecule has 4 heterocycles. The standard InChI is InChI=1S/C22H18N8O3/c1-2-15-19(21(31)32)28-33-20(15)16-12-29-17(3-6-25-29)18(27-16)14-10-26-30(11-14)22(4-5-23)7-13(8-22)9-24/h3,6,10-13H,2,4,7-8H2,1H3,(H,31,32). The van der Waals surface area contributed by atoms with E-state index in [4.69, 9.17) is 9.51 Å². The van der Waals surface area contributed by atoms with Gasteiger partial charge in [-0.15, -0.1) is 0 Å². The van der Waals surface area contributed by atoms with E-state index in [-0.39, 0.29) is 23.8 Å². The number of nitriles is 2. The summed E-state index contributed by atoms with van der Waals surface area (Å²) in [4.78, 5) is 16.3. The fraction of sp³-hybridized carbons (Fsp3) is 0.318. The fourth-order valence-corrected chi connectivity index (χ4v) is 4.47. The number of carbonyl (C=O) groups is 1. The van der Waals surface area contributed by atoms with Gasteiger partial charge in [0.1, 0.15) is 11.4 Å². The van der Waals surface area contributed by atoms with E-state index in [2.05, 4.69) is 27.5 Å². The first-order valence-electron chi connectivity index (χ1n) is 10.4. The zero-order chi connectivity index (χ0) is 23.2. The SMILES string of the molecule is CCc1c(C(=O)O)noc1-c1cn2nccc2c(-c2cnn(C3(CC#N)CC(C#N)C3)c2)n1. The summed E-state index contributed by atoms with van der Waals surface area (Å²) >= 11 is 0. The zero-order valence-corrected chi connectivity index (χ0v) is 17.6. The van der Waals surface area contributed by atoms with Crippen molar-refractivity contribution in [3.8, 4) is 34.8 Å². The van der Waals surface area contributed by atoms with Gasteiger partial charge in [-0.3, -0.25) is 4.68 Å². The number of fused-ring (bicyclic) bond motifs is 1. The van der Waals surface area contributed by atoms with Crippen molar-refractivity contribution >= 4 is 11.5 Å². The van der Waals surface area contributed by atoms with Crippen LogP contribution in [0.3, 0.4) is 0 Å². The quantitative estimate of drug-likeness (QED) is 0.473. The molecule has 0 spiro atoms. The molecule has 33 heavy (non-hydrogen) atoms. The van der Waals surface area contributed by atoms with Crippen LogP contribution in [0.5, 0.6) is 0 Å². The molecule has 0 aliphatic heterocycles. The summed E-state index contributed by atoms with van der Waals surface area (Å²) in [5.74, 6) is -0.975. The van der Waals surface area contributed by atoms with Gasteiger partial charge in [-0.1, -0.05) is 12.1 Å². The molecule has 1 N–H and O–H groups in total. The molecule has 11 heteroatoms. The number of hydrogen-bond donors (Lipinski definition) is 1. The minimum absolute atomic E-state index is 0.0867. The summed E-state index contributed by atoms with van der Waals surface area (Å²) in [5.41, 5.74) is 2.22. The van der Waals surface area contributed by atoms with Crippen LogP contribution in [0.15, 0.2) is 35.4 Å². The van der Waals surface area contributed by atoms with E-state index in [9.17, 15) is 20.4 Å². The summed E-state index contributed by atoms with van der Waals surface area (Å²) < 4.78 is 8.77. The van der Waals surface area contributed by atoms with Gasteiger partial charge in [0.2, 0.25) is 0 Å². The maximum atomic E-state index is 11.5. The Hall–Kier alpha value is -4.51. The Balaban J connectivity index is 1.61. The molecule has 0 radical (unpaired) electrons. The van der Waals surface area contributed by atoms with Crippen molar-refractivity contribution in [3.63, 3.8) is 0 Å². The first kappa shape index (κ1) is 20.4. The lowest BCUT2D eigenvalue weighted by molar-refractivity contribution is 0.0684. The highest BCUT2D eigenvalue weighted by atomic mass is 16.5. The Morgan fingerprint density at radius 1 is 1.33 bits per heavy atom. The maximum absolute atomic E-state index is 11.5. The van der Waals surface area contributed by atoms with Crippen LogP contribution in [0, 0.1) is 28.6 Å². The minimum Gasteiger partial charge on any atom is -0.476 e. The van der Waals surface area contributed by atoms with E-state index in [1.54, 1.807) is 27.8 Å². The molecule has 0 saturated heterocycles. The Labute approximate surface area is 187 Å². The largest absolute Gasteiger partial charge is 0.476 e. The van der Waals surface area contributed by atoms with Crippen LogP contribution in [0.2, 0.25) is 0 Å². The molecule has 1 fully saturated rings. The highest BCUT2D eigenvalue weighted by Crippen LogP contribution is 2.46. The molecule has 4 aromatic heterocycles. The fourth-order valence-electron chi connectivity index (χ4n) is 4.47. The van der Waals surface area contributed by atoms with Crippen LogP contribution in [0.25, 0.3) is 28.2 Å². The summed E-state index contributed by atoms with van der Waals surface area (Å²) in [6, 6.07) is 6.29. The van der Waals surface area contributed by atoms with Crippen LogP contribution < -0.4 is 0 Å². The minimum atomic E-state index is -1.16. The second kappa shape index (κ2) is 7.57. The van der Waals surface area contributed by atoms with Crippen LogP contribution in [0.1, 0.15) is 42.2 Å². The zero-order valence-electron chi connectivity index (χ0n) is 17.6. The van der Waals surface area contributed by atoms with Crippen LogP contribution in [-0.2, 0) is 12.0 Å². The number of rotatable bonds is 6. The van der Waals surface area contributed by atoms with Gasteiger partial charge in [0.25, 0.3) is 0 Å². The van der Waals surface area contributed by atoms with Gasteiger partial charge in [0.15, 0.2) is 11.5 Å². The number of carboxylic acid groups (broad SMARTS) is 1. The summed E-state index contributed by atoms with van der Waals surface area (Å²) in [6.45, 7) is 1.82. The molecule has 1 aliphatic carbocycles. The van der Waals surface area contributed by atoms with Gasteiger partial charge in [-0.2, -0.15) is 20.7 Å². The monoisotopic (exact) mass is 442 g/mol. The molecule has 0 amide bonds. The first-order valence-corrected chi connectivity index (χ1v) is 10.4. The average Bonchev–Trinajstić information content (AvgIpc) is 3.53. The molecule has 11 nitrogen and oxygen atoms in total. The first-order chi connectivity index (χ1) is 16.0. The molecule has 0 unspecified atom stereocenters. The van der Waals surface area contributed by atoms with Crippen LogP contribution >= 0.6 is 0 Å². The molecular weight excluding hydrogens is 424 g/mol. The molecule has 4 aromatic rings. The third kappa shape index (κ3) is 3.13. The molecule has 5 rings (SSSR count). The lowest BCUT2D eigenvalue weighted by Crippen LogP contribution is -2.46. The normalized spacial score (nSPS) is 19.7. The second-order valence-electron chi connectivity index (χ2n) is 8.10. The number of carboxylic acids is 1. The van der Waals surface area contributed by atoms with Gasteiger partial charge in [0.05, 0.1) is 54.1 Å². The van der Waals surface area contributed by atoms with Crippen molar-refractivity contribution < 1.29 is 14.4 Å². The summed E-state index contributed by atoms with van der Waals surface area (Å²) in [5, 5.41) is 40.4. The summed E-state index contributed by atoms with van der Waals surface area (Å²) in [7, 11) is 0. The lowest BCUT2D eigenvalue weighted by atomic mass is 9.67. The Morgan fingerprint density at radius 3 is 2.85 bits per heavy atom. The van der Waals surface area contributed by atoms with Gasteiger partial charge in [0, 0.05) is 17.3 Å². The van der Waals surface area contributed by atoms with E-state index < -0.39 is 11.5 Å². The molecule has 1 aliphatic rings. The number of nitrogens with zero attached hydrogens (tertiary/aromatic N) is 8. The molecular formula is C22H18N8O3. The van der Waals surface area contributed by atoms with Crippen molar-refractivity contribution in [1.29, 1.82) is 10.5 Å². The van der Waals surface area contributed by atoms with Crippen LogP contribution in [-0.4, -0.2) is 40.6 Å². The van der Waals surface area contributed by atoms with Crippen LogP contribution in [0.4, 0.5) is 0 Å². The second-order valence-corrected chi connectivity index (χ2v) is 8.10. The highest BCUT2D eigenvalue weighted by Gasteiger charge is 2.46. The van der Waals surface area contributed by atoms with Crippen molar-refractivity contribution in [1.82, 2.24) is 29.5 Å². The predicted molar refractivity (Wildman–Crippen MR) is 113 cm³/mol. The summed E-state index contributed by atoms with van der Waals surface area (Å²) in [6.07, 6.45) is 8.61. The van der Waals surface area contributed by atoms with Gasteiger partial charge in [-0.25, -0.2) is 14.3 Å². The Bertz CT molecular complexity index is 1460. The lowest BCUT2D eigenvalue weighted by Gasteiger charge is -2.43. The molecule has 0 aromatic carbocycles. The van der Waals surface area contributed by atoms with E-state index in [1.807, 2.05) is 19.2 Å². The molecule has 0 bridgehead atoms. The van der Waals surface area contributed by atoms with E-state index in [1.165, 1.54) is 0 Å².